The van der Waals surface area contributed by atoms with E-state index in [2.05, 4.69) is 24.1 Å². The lowest BCUT2D eigenvalue weighted by Crippen LogP contribution is -2.54. The van der Waals surface area contributed by atoms with Crippen molar-refractivity contribution in [1.29, 1.82) is 0 Å². The summed E-state index contributed by atoms with van der Waals surface area (Å²) in [6.45, 7) is 9.39. The SMILES string of the molecule is Cc1cc(/C=C2\C(=O)NC(=S)N(c3ccc(C(C)C)cc3)C2=O)ccc1N1CCOCC1. The second kappa shape index (κ2) is 9.22. The fraction of sp³-hybridized carbons (Fsp3) is 0.320. The molecule has 2 amide bonds. The summed E-state index contributed by atoms with van der Waals surface area (Å²) in [7, 11) is 0. The third-order valence-corrected chi connectivity index (χ3v) is 6.09. The minimum atomic E-state index is -0.482. The van der Waals surface area contributed by atoms with Gasteiger partial charge in [-0.1, -0.05) is 32.0 Å². The average Bonchev–Trinajstić information content (AvgIpc) is 2.77. The van der Waals surface area contributed by atoms with E-state index >= 15 is 0 Å². The Hall–Kier alpha value is -3.03. The molecule has 0 spiro atoms. The van der Waals surface area contributed by atoms with Gasteiger partial charge in [-0.05, 0) is 72.1 Å². The third-order valence-electron chi connectivity index (χ3n) is 5.80. The summed E-state index contributed by atoms with van der Waals surface area (Å²) in [6.07, 6.45) is 1.63. The second-order valence-electron chi connectivity index (χ2n) is 8.35. The van der Waals surface area contributed by atoms with E-state index in [4.69, 9.17) is 17.0 Å². The number of morpholine rings is 1. The quantitative estimate of drug-likeness (QED) is 0.437. The number of benzene rings is 2. The van der Waals surface area contributed by atoms with Crippen molar-refractivity contribution in [2.24, 2.45) is 0 Å². The van der Waals surface area contributed by atoms with Gasteiger partial charge in [0.25, 0.3) is 11.8 Å². The Kier molecular flexibility index (Phi) is 6.39. The summed E-state index contributed by atoms with van der Waals surface area (Å²) >= 11 is 5.31. The number of carbonyl (C=O) groups excluding carboxylic acids is 2. The maximum Gasteiger partial charge on any atom is 0.270 e. The maximum absolute atomic E-state index is 13.3. The molecule has 6 nitrogen and oxygen atoms in total. The Bertz CT molecular complexity index is 1090. The minimum Gasteiger partial charge on any atom is -0.378 e. The van der Waals surface area contributed by atoms with Crippen LogP contribution in [0.15, 0.2) is 48.0 Å². The predicted octanol–water partition coefficient (Wildman–Crippen LogP) is 3.79. The van der Waals surface area contributed by atoms with Crippen LogP contribution in [-0.2, 0) is 14.3 Å². The van der Waals surface area contributed by atoms with Crippen molar-refractivity contribution in [3.8, 4) is 0 Å². The molecule has 2 fully saturated rings. The van der Waals surface area contributed by atoms with E-state index in [0.29, 0.717) is 24.8 Å². The second-order valence-corrected chi connectivity index (χ2v) is 8.74. The average molecular weight is 450 g/mol. The van der Waals surface area contributed by atoms with Gasteiger partial charge >= 0.3 is 0 Å². The highest BCUT2D eigenvalue weighted by atomic mass is 32.1. The van der Waals surface area contributed by atoms with Gasteiger partial charge in [-0.15, -0.1) is 0 Å². The number of thiocarbonyl (C=S) groups is 1. The maximum atomic E-state index is 13.3. The predicted molar refractivity (Wildman–Crippen MR) is 131 cm³/mol. The Morgan fingerprint density at radius 3 is 2.38 bits per heavy atom. The molecule has 0 atom stereocenters. The summed E-state index contributed by atoms with van der Waals surface area (Å²) < 4.78 is 5.43. The van der Waals surface area contributed by atoms with Gasteiger partial charge in [-0.25, -0.2) is 0 Å². The van der Waals surface area contributed by atoms with E-state index in [1.165, 1.54) is 10.5 Å². The number of hydrogen-bond donors (Lipinski definition) is 1. The van der Waals surface area contributed by atoms with Crippen LogP contribution in [0.4, 0.5) is 11.4 Å². The number of carbonyl (C=O) groups is 2. The first-order valence-corrected chi connectivity index (χ1v) is 11.2. The van der Waals surface area contributed by atoms with Crippen LogP contribution in [0.1, 0.15) is 36.5 Å². The van der Waals surface area contributed by atoms with Crippen LogP contribution in [0, 0.1) is 6.92 Å². The Labute approximate surface area is 193 Å². The lowest BCUT2D eigenvalue weighted by atomic mass is 10.0. The number of aryl methyl sites for hydroxylation is 1. The van der Waals surface area contributed by atoms with Crippen molar-refractivity contribution in [2.45, 2.75) is 26.7 Å². The fourth-order valence-electron chi connectivity index (χ4n) is 3.99. The van der Waals surface area contributed by atoms with E-state index < -0.39 is 11.8 Å². The topological polar surface area (TPSA) is 61.9 Å². The van der Waals surface area contributed by atoms with E-state index in [1.807, 2.05) is 49.4 Å². The van der Waals surface area contributed by atoms with Crippen molar-refractivity contribution in [3.05, 3.63) is 64.7 Å². The molecule has 2 aliphatic heterocycles. The molecule has 2 aromatic rings. The first-order chi connectivity index (χ1) is 15.3. The smallest absolute Gasteiger partial charge is 0.270 e. The molecule has 2 heterocycles. The molecule has 32 heavy (non-hydrogen) atoms. The van der Waals surface area contributed by atoms with Gasteiger partial charge in [0.1, 0.15) is 5.57 Å². The molecule has 2 aromatic carbocycles. The molecule has 0 aromatic heterocycles. The normalized spacial score (nSPS) is 18.5. The molecule has 166 valence electrons. The van der Waals surface area contributed by atoms with Crippen LogP contribution in [0.3, 0.4) is 0 Å². The number of rotatable bonds is 4. The van der Waals surface area contributed by atoms with Gasteiger partial charge < -0.3 is 9.64 Å². The minimum absolute atomic E-state index is 0.0602. The molecule has 4 rings (SSSR count). The van der Waals surface area contributed by atoms with E-state index in [1.54, 1.807) is 6.08 Å². The lowest BCUT2D eigenvalue weighted by Gasteiger charge is -2.30. The molecular weight excluding hydrogens is 422 g/mol. The first-order valence-electron chi connectivity index (χ1n) is 10.8. The van der Waals surface area contributed by atoms with Crippen LogP contribution in [0.5, 0.6) is 0 Å². The van der Waals surface area contributed by atoms with Crippen molar-refractivity contribution in [1.82, 2.24) is 5.32 Å². The molecule has 0 aliphatic carbocycles. The number of anilines is 2. The number of ether oxygens (including phenoxy) is 1. The summed E-state index contributed by atoms with van der Waals surface area (Å²) in [6, 6.07) is 13.6. The molecule has 2 aliphatic rings. The van der Waals surface area contributed by atoms with Crippen LogP contribution < -0.4 is 15.1 Å². The highest BCUT2D eigenvalue weighted by molar-refractivity contribution is 7.80. The van der Waals surface area contributed by atoms with Crippen LogP contribution >= 0.6 is 12.2 Å². The van der Waals surface area contributed by atoms with Crippen LogP contribution in [-0.4, -0.2) is 43.2 Å². The number of nitrogens with zero attached hydrogens (tertiary/aromatic N) is 2. The number of hydrogen-bond acceptors (Lipinski definition) is 5. The molecular formula is C25H27N3O3S. The molecule has 2 saturated heterocycles. The lowest BCUT2D eigenvalue weighted by molar-refractivity contribution is -0.122. The molecule has 7 heteroatoms. The Morgan fingerprint density at radius 1 is 1.06 bits per heavy atom. The standard InChI is InChI=1S/C25H27N3O3S/c1-16(2)19-5-7-20(8-6-19)28-24(30)21(23(29)26-25(28)32)15-18-4-9-22(17(3)14-18)27-10-12-31-13-11-27/h4-9,14-16H,10-13H2,1-3H3,(H,26,29,32)/b21-15+. The van der Waals surface area contributed by atoms with E-state index in [0.717, 1.165) is 29.9 Å². The summed E-state index contributed by atoms with van der Waals surface area (Å²) in [4.78, 5) is 29.5. The molecule has 0 bridgehead atoms. The van der Waals surface area contributed by atoms with Crippen LogP contribution in [0.25, 0.3) is 6.08 Å². The highest BCUT2D eigenvalue weighted by Crippen LogP contribution is 2.26. The fourth-order valence-corrected chi connectivity index (χ4v) is 4.28. The summed E-state index contributed by atoms with van der Waals surface area (Å²) in [5.74, 6) is -0.525. The van der Waals surface area contributed by atoms with Crippen LogP contribution in [0.2, 0.25) is 0 Å². The number of nitrogens with one attached hydrogen (secondary N) is 1. The van der Waals surface area contributed by atoms with Gasteiger partial charge in [0.05, 0.1) is 18.9 Å². The van der Waals surface area contributed by atoms with Gasteiger partial charge in [-0.2, -0.15) is 0 Å². The first kappa shape index (κ1) is 22.2. The summed E-state index contributed by atoms with van der Waals surface area (Å²) in [5, 5.41) is 2.74. The van der Waals surface area contributed by atoms with Crippen molar-refractivity contribution in [2.75, 3.05) is 36.1 Å². The monoisotopic (exact) mass is 449 g/mol. The Morgan fingerprint density at radius 2 is 1.75 bits per heavy atom. The zero-order chi connectivity index (χ0) is 22.8. The van der Waals surface area contributed by atoms with Gasteiger partial charge in [0.15, 0.2) is 5.11 Å². The zero-order valence-electron chi connectivity index (χ0n) is 18.6. The number of amides is 2. The highest BCUT2D eigenvalue weighted by Gasteiger charge is 2.34. The van der Waals surface area contributed by atoms with E-state index in [-0.39, 0.29) is 10.7 Å². The van der Waals surface area contributed by atoms with E-state index in [9.17, 15) is 9.59 Å². The zero-order valence-corrected chi connectivity index (χ0v) is 19.4. The molecule has 1 N–H and O–H groups in total. The van der Waals surface area contributed by atoms with Crippen molar-refractivity contribution >= 4 is 46.6 Å². The largest absolute Gasteiger partial charge is 0.378 e. The third kappa shape index (κ3) is 4.45. The molecule has 0 saturated carbocycles. The van der Waals surface area contributed by atoms with Gasteiger partial charge in [-0.3, -0.25) is 19.8 Å². The van der Waals surface area contributed by atoms with Crippen molar-refractivity contribution in [3.63, 3.8) is 0 Å². The summed E-state index contributed by atoms with van der Waals surface area (Å²) in [5.41, 5.74) is 4.88. The van der Waals surface area contributed by atoms with Gasteiger partial charge in [0.2, 0.25) is 0 Å². The van der Waals surface area contributed by atoms with Gasteiger partial charge in [0, 0.05) is 18.8 Å². The Balaban J connectivity index is 1.62. The molecule has 0 unspecified atom stereocenters. The molecule has 0 radical (unpaired) electrons. The van der Waals surface area contributed by atoms with Crippen molar-refractivity contribution < 1.29 is 14.3 Å².